The van der Waals surface area contributed by atoms with Crippen LogP contribution in [0.3, 0.4) is 0 Å². The number of ether oxygens (including phenoxy) is 1. The van der Waals surface area contributed by atoms with Crippen LogP contribution in [0.5, 0.6) is 0 Å². The van der Waals surface area contributed by atoms with Gasteiger partial charge in [0.05, 0.1) is 11.1 Å². The van der Waals surface area contributed by atoms with Crippen molar-refractivity contribution in [3.05, 3.63) is 64.0 Å². The second-order valence-electron chi connectivity index (χ2n) is 5.93. The van der Waals surface area contributed by atoms with Crippen LogP contribution in [0.1, 0.15) is 35.0 Å². The maximum Gasteiger partial charge on any atom is 0.356 e. The van der Waals surface area contributed by atoms with E-state index in [9.17, 15) is 19.7 Å². The molecule has 1 amide bonds. The molecule has 0 unspecified atom stereocenters. The molecule has 1 aromatic heterocycles. The summed E-state index contributed by atoms with van der Waals surface area (Å²) in [7, 11) is 1.51. The monoisotopic (exact) mass is 343 g/mol. The molecule has 8 heteroatoms. The average Bonchev–Trinajstić information content (AvgIpc) is 3.31. The van der Waals surface area contributed by atoms with Crippen LogP contribution in [0.15, 0.2) is 42.6 Å². The number of benzene rings is 1. The lowest BCUT2D eigenvalue weighted by Gasteiger charge is -2.18. The average molecular weight is 343 g/mol. The van der Waals surface area contributed by atoms with Gasteiger partial charge in [0, 0.05) is 24.7 Å². The second kappa shape index (κ2) is 6.76. The predicted molar refractivity (Wildman–Crippen MR) is 87.8 cm³/mol. The first-order valence-corrected chi connectivity index (χ1v) is 7.83. The fourth-order valence-corrected chi connectivity index (χ4v) is 2.42. The Morgan fingerprint density at radius 1 is 1.32 bits per heavy atom. The molecule has 1 saturated carbocycles. The lowest BCUT2D eigenvalue weighted by molar-refractivity contribution is -0.384. The zero-order chi connectivity index (χ0) is 18.0. The molecule has 1 fully saturated rings. The van der Waals surface area contributed by atoms with E-state index in [1.807, 2.05) is 0 Å². The number of carbonyl (C=O) groups is 2. The topological polar surface area (TPSA) is 103 Å². The van der Waals surface area contributed by atoms with Crippen molar-refractivity contribution in [3.63, 3.8) is 0 Å². The number of nitro groups is 1. The van der Waals surface area contributed by atoms with E-state index in [-0.39, 0.29) is 17.4 Å². The highest BCUT2D eigenvalue weighted by Crippen LogP contribution is 2.25. The fourth-order valence-electron chi connectivity index (χ4n) is 2.42. The molecule has 1 heterocycles. The van der Waals surface area contributed by atoms with E-state index in [4.69, 9.17) is 4.74 Å². The quantitative estimate of drug-likeness (QED) is 0.491. The Hall–Kier alpha value is -3.16. The normalized spacial score (nSPS) is 14.6. The van der Waals surface area contributed by atoms with Gasteiger partial charge in [-0.25, -0.2) is 4.79 Å². The van der Waals surface area contributed by atoms with Crippen LogP contribution in [0.25, 0.3) is 0 Å². The summed E-state index contributed by atoms with van der Waals surface area (Å²) in [6, 6.07) is 9.91. The number of esters is 1. The van der Waals surface area contributed by atoms with Crippen molar-refractivity contribution in [1.82, 2.24) is 9.88 Å². The van der Waals surface area contributed by atoms with Crippen LogP contribution in [0.4, 0.5) is 5.69 Å². The Kier molecular flexibility index (Phi) is 4.51. The van der Waals surface area contributed by atoms with Crippen LogP contribution in [0, 0.1) is 10.1 Å². The number of carbonyl (C=O) groups excluding carboxylic acids is 2. The summed E-state index contributed by atoms with van der Waals surface area (Å²) in [4.78, 5) is 35.2. The molecule has 1 N–H and O–H groups in total. The first kappa shape index (κ1) is 16.7. The van der Waals surface area contributed by atoms with Crippen molar-refractivity contribution < 1.29 is 19.2 Å². The summed E-state index contributed by atoms with van der Waals surface area (Å²) in [5, 5.41) is 13.7. The molecule has 0 spiro atoms. The minimum Gasteiger partial charge on any atom is -0.443 e. The summed E-state index contributed by atoms with van der Waals surface area (Å²) >= 11 is 0. The number of nitrogens with one attached hydrogen (secondary N) is 1. The molecule has 0 bridgehead atoms. The number of amides is 1. The summed E-state index contributed by atoms with van der Waals surface area (Å²) in [5.41, 5.74) is 0.331. The summed E-state index contributed by atoms with van der Waals surface area (Å²) in [6.45, 7) is 0. The second-order valence-corrected chi connectivity index (χ2v) is 5.93. The minimum atomic E-state index is -1.11. The molecule has 0 saturated heterocycles. The SMILES string of the molecule is Cn1cc([N+](=O)[O-])cc1C(=O)O[C@@H](C(=O)NC1CC1)c1ccccc1. The standard InChI is InChI=1S/C17H17N3O5/c1-19-10-13(20(23)24)9-14(19)17(22)25-15(11-5-3-2-4-6-11)16(21)18-12-7-8-12/h2-6,9-10,12,15H,7-8H2,1H3,(H,18,21)/t15-/m1/s1. The highest BCUT2D eigenvalue weighted by atomic mass is 16.6. The molecule has 0 radical (unpaired) electrons. The van der Waals surface area contributed by atoms with Gasteiger partial charge in [0.1, 0.15) is 5.69 Å². The van der Waals surface area contributed by atoms with Crippen molar-refractivity contribution >= 4 is 17.6 Å². The number of hydrogen-bond acceptors (Lipinski definition) is 5. The van der Waals surface area contributed by atoms with Crippen molar-refractivity contribution in [2.75, 3.05) is 0 Å². The third-order valence-electron chi connectivity index (χ3n) is 3.90. The van der Waals surface area contributed by atoms with Crippen molar-refractivity contribution in [3.8, 4) is 0 Å². The minimum absolute atomic E-state index is 0.00635. The first-order chi connectivity index (χ1) is 12.0. The van der Waals surface area contributed by atoms with Crippen LogP contribution >= 0.6 is 0 Å². The number of aromatic nitrogens is 1. The van der Waals surface area contributed by atoms with Crippen LogP contribution < -0.4 is 5.32 Å². The molecule has 0 aliphatic heterocycles. The molecule has 1 aromatic carbocycles. The van der Waals surface area contributed by atoms with Crippen molar-refractivity contribution in [1.29, 1.82) is 0 Å². The number of hydrogen-bond donors (Lipinski definition) is 1. The van der Waals surface area contributed by atoms with E-state index < -0.39 is 22.9 Å². The Labute approximate surface area is 143 Å². The van der Waals surface area contributed by atoms with Gasteiger partial charge in [0.25, 0.3) is 11.6 Å². The van der Waals surface area contributed by atoms with E-state index in [1.165, 1.54) is 17.8 Å². The highest BCUT2D eigenvalue weighted by molar-refractivity contribution is 5.92. The van der Waals surface area contributed by atoms with E-state index in [0.29, 0.717) is 5.56 Å². The van der Waals surface area contributed by atoms with Crippen LogP contribution in [-0.4, -0.2) is 27.4 Å². The van der Waals surface area contributed by atoms with Gasteiger partial charge in [-0.2, -0.15) is 0 Å². The zero-order valence-corrected chi connectivity index (χ0v) is 13.5. The zero-order valence-electron chi connectivity index (χ0n) is 13.5. The summed E-state index contributed by atoms with van der Waals surface area (Å²) < 4.78 is 6.70. The lowest BCUT2D eigenvalue weighted by Crippen LogP contribution is -2.33. The van der Waals surface area contributed by atoms with E-state index in [2.05, 4.69) is 5.32 Å². The smallest absolute Gasteiger partial charge is 0.356 e. The third-order valence-corrected chi connectivity index (χ3v) is 3.90. The Bertz CT molecular complexity index is 811. The van der Waals surface area contributed by atoms with Crippen molar-refractivity contribution in [2.45, 2.75) is 25.0 Å². The Morgan fingerprint density at radius 3 is 2.56 bits per heavy atom. The Balaban J connectivity index is 1.82. The predicted octanol–water partition coefficient (Wildman–Crippen LogP) is 2.11. The van der Waals surface area contributed by atoms with Gasteiger partial charge < -0.3 is 14.6 Å². The fraction of sp³-hybridized carbons (Fsp3) is 0.294. The largest absolute Gasteiger partial charge is 0.443 e. The van der Waals surface area contributed by atoms with Gasteiger partial charge in [-0.05, 0) is 12.8 Å². The molecular weight excluding hydrogens is 326 g/mol. The van der Waals surface area contributed by atoms with E-state index in [0.717, 1.165) is 18.9 Å². The maximum atomic E-state index is 12.5. The van der Waals surface area contributed by atoms with Crippen LogP contribution in [-0.2, 0) is 16.6 Å². The third kappa shape index (κ3) is 3.85. The molecule has 130 valence electrons. The maximum absolute atomic E-state index is 12.5. The van der Waals surface area contributed by atoms with E-state index in [1.54, 1.807) is 30.3 Å². The van der Waals surface area contributed by atoms with Gasteiger partial charge in [0.2, 0.25) is 6.10 Å². The molecule has 8 nitrogen and oxygen atoms in total. The molecule has 2 aromatic rings. The number of aryl methyl sites for hydroxylation is 1. The molecule has 1 aliphatic rings. The lowest BCUT2D eigenvalue weighted by atomic mass is 10.1. The Morgan fingerprint density at radius 2 is 2.00 bits per heavy atom. The summed E-state index contributed by atoms with van der Waals surface area (Å²) in [6.07, 6.45) is 1.93. The van der Waals surface area contributed by atoms with Gasteiger partial charge in [0.15, 0.2) is 0 Å². The van der Waals surface area contributed by atoms with E-state index >= 15 is 0 Å². The van der Waals surface area contributed by atoms with Gasteiger partial charge in [-0.15, -0.1) is 0 Å². The highest BCUT2D eigenvalue weighted by Gasteiger charge is 2.32. The van der Waals surface area contributed by atoms with Gasteiger partial charge >= 0.3 is 5.97 Å². The van der Waals surface area contributed by atoms with Gasteiger partial charge in [-0.1, -0.05) is 30.3 Å². The number of nitrogens with zero attached hydrogens (tertiary/aromatic N) is 2. The number of rotatable bonds is 6. The van der Waals surface area contributed by atoms with Gasteiger partial charge in [-0.3, -0.25) is 14.9 Å². The molecule has 1 atom stereocenters. The van der Waals surface area contributed by atoms with Crippen LogP contribution in [0.2, 0.25) is 0 Å². The molecule has 1 aliphatic carbocycles. The molecule has 25 heavy (non-hydrogen) atoms. The molecular formula is C17H17N3O5. The first-order valence-electron chi connectivity index (χ1n) is 7.83. The summed E-state index contributed by atoms with van der Waals surface area (Å²) in [5.74, 6) is -1.19. The van der Waals surface area contributed by atoms with Crippen molar-refractivity contribution in [2.24, 2.45) is 7.05 Å². The molecule has 3 rings (SSSR count).